The Kier molecular flexibility index (Phi) is 5.57. The number of nitrogens with one attached hydrogen (secondary N) is 1. The quantitative estimate of drug-likeness (QED) is 0.777. The Labute approximate surface area is 171 Å². The van der Waals surface area contributed by atoms with Crippen LogP contribution in [0.4, 0.5) is 11.4 Å². The Hall–Kier alpha value is -3.00. The number of carbonyl (C=O) groups is 3. The van der Waals surface area contributed by atoms with Crippen LogP contribution in [-0.2, 0) is 25.1 Å². The van der Waals surface area contributed by atoms with Gasteiger partial charge in [-0.05, 0) is 45.0 Å². The van der Waals surface area contributed by atoms with Gasteiger partial charge >= 0.3 is 5.97 Å². The maximum atomic E-state index is 13.2. The highest BCUT2D eigenvalue weighted by Crippen LogP contribution is 2.37. The van der Waals surface area contributed by atoms with Crippen molar-refractivity contribution >= 4 is 40.0 Å². The van der Waals surface area contributed by atoms with Crippen LogP contribution in [0.1, 0.15) is 31.1 Å². The van der Waals surface area contributed by atoms with Gasteiger partial charge in [0.1, 0.15) is 5.54 Å². The number of ether oxygens (including phenoxy) is 1. The minimum Gasteiger partial charge on any atom is -0.449 e. The molecule has 2 aromatic rings. The van der Waals surface area contributed by atoms with Gasteiger partial charge in [-0.15, -0.1) is 0 Å². The fourth-order valence-corrected chi connectivity index (χ4v) is 3.92. The number of hydrogen-bond acceptors (Lipinski definition) is 5. The third-order valence-electron chi connectivity index (χ3n) is 4.78. The molecule has 2 aromatic carbocycles. The predicted molar refractivity (Wildman–Crippen MR) is 110 cm³/mol. The van der Waals surface area contributed by atoms with Crippen molar-refractivity contribution < 1.29 is 23.3 Å². The molecule has 0 saturated heterocycles. The zero-order valence-corrected chi connectivity index (χ0v) is 17.4. The largest absolute Gasteiger partial charge is 0.449 e. The summed E-state index contributed by atoms with van der Waals surface area (Å²) in [5.41, 5.74) is 0.00841. The van der Waals surface area contributed by atoms with Crippen molar-refractivity contribution in [3.05, 3.63) is 54.1 Å². The van der Waals surface area contributed by atoms with Crippen LogP contribution < -0.4 is 10.2 Å². The van der Waals surface area contributed by atoms with Crippen molar-refractivity contribution in [2.45, 2.75) is 37.3 Å². The summed E-state index contributed by atoms with van der Waals surface area (Å²) in [6.07, 6.45) is 0.311. The van der Waals surface area contributed by atoms with Crippen molar-refractivity contribution in [2.24, 2.45) is 0 Å². The van der Waals surface area contributed by atoms with Gasteiger partial charge < -0.3 is 10.1 Å². The SMILES string of the molecule is C[C@H](OC(=O)c1ccccc1[S@](C)=O)C(=O)N1c2ccccc2NC(=O)C1(C)C. The van der Waals surface area contributed by atoms with E-state index in [1.807, 2.05) is 0 Å². The third-order valence-corrected chi connectivity index (χ3v) is 5.75. The smallest absolute Gasteiger partial charge is 0.340 e. The zero-order chi connectivity index (χ0) is 21.3. The van der Waals surface area contributed by atoms with Gasteiger partial charge in [0, 0.05) is 6.26 Å². The number of esters is 1. The highest BCUT2D eigenvalue weighted by atomic mass is 32.2. The van der Waals surface area contributed by atoms with Crippen LogP contribution in [0.25, 0.3) is 0 Å². The maximum Gasteiger partial charge on any atom is 0.340 e. The molecule has 3 rings (SSSR count). The van der Waals surface area contributed by atoms with Gasteiger partial charge in [0.05, 0.1) is 32.6 Å². The van der Waals surface area contributed by atoms with Gasteiger partial charge in [-0.1, -0.05) is 24.3 Å². The molecule has 0 fully saturated rings. The lowest BCUT2D eigenvalue weighted by atomic mass is 9.95. The Morgan fingerprint density at radius 3 is 2.41 bits per heavy atom. The Balaban J connectivity index is 1.89. The van der Waals surface area contributed by atoms with Crippen LogP contribution in [0.5, 0.6) is 0 Å². The molecule has 2 atom stereocenters. The first-order valence-electron chi connectivity index (χ1n) is 9.02. The van der Waals surface area contributed by atoms with Gasteiger partial charge in [-0.25, -0.2) is 4.79 Å². The summed E-state index contributed by atoms with van der Waals surface area (Å²) in [5, 5.41) is 2.79. The molecule has 7 nitrogen and oxygen atoms in total. The van der Waals surface area contributed by atoms with Crippen molar-refractivity contribution in [1.29, 1.82) is 0 Å². The number of rotatable bonds is 4. The molecule has 0 radical (unpaired) electrons. The molecule has 0 unspecified atom stereocenters. The molecule has 152 valence electrons. The number of benzene rings is 2. The zero-order valence-electron chi connectivity index (χ0n) is 16.6. The van der Waals surface area contributed by atoms with Crippen LogP contribution in [0, 0.1) is 0 Å². The summed E-state index contributed by atoms with van der Waals surface area (Å²) in [5.74, 6) is -1.61. The van der Waals surface area contributed by atoms with Gasteiger partial charge in [-0.3, -0.25) is 18.7 Å². The fourth-order valence-electron chi connectivity index (χ4n) is 3.19. The monoisotopic (exact) mass is 414 g/mol. The van der Waals surface area contributed by atoms with Gasteiger partial charge in [0.15, 0.2) is 6.10 Å². The van der Waals surface area contributed by atoms with E-state index in [4.69, 9.17) is 4.74 Å². The molecule has 0 saturated carbocycles. The van der Waals surface area contributed by atoms with Crippen molar-refractivity contribution in [3.63, 3.8) is 0 Å². The summed E-state index contributed by atoms with van der Waals surface area (Å²) in [7, 11) is -1.39. The molecule has 2 amide bonds. The van der Waals surface area contributed by atoms with Crippen molar-refractivity contribution in [1.82, 2.24) is 0 Å². The van der Waals surface area contributed by atoms with E-state index < -0.39 is 34.3 Å². The lowest BCUT2D eigenvalue weighted by Crippen LogP contribution is -2.60. The minimum absolute atomic E-state index is 0.143. The summed E-state index contributed by atoms with van der Waals surface area (Å²) >= 11 is 0. The molecule has 29 heavy (non-hydrogen) atoms. The summed E-state index contributed by atoms with van der Waals surface area (Å²) in [6, 6.07) is 13.3. The van der Waals surface area contributed by atoms with Crippen LogP contribution in [0.2, 0.25) is 0 Å². The molecule has 0 spiro atoms. The Morgan fingerprint density at radius 2 is 1.72 bits per heavy atom. The third kappa shape index (κ3) is 3.80. The topological polar surface area (TPSA) is 92.8 Å². The molecule has 1 heterocycles. The minimum atomic E-state index is -1.39. The van der Waals surface area contributed by atoms with E-state index in [0.29, 0.717) is 16.3 Å². The van der Waals surface area contributed by atoms with Crippen molar-refractivity contribution in [2.75, 3.05) is 16.5 Å². The number of fused-ring (bicyclic) bond motifs is 1. The van der Waals surface area contributed by atoms with Crippen LogP contribution in [-0.4, -0.2) is 39.9 Å². The van der Waals surface area contributed by atoms with E-state index in [2.05, 4.69) is 5.32 Å². The van der Waals surface area contributed by atoms with Crippen LogP contribution >= 0.6 is 0 Å². The number of hydrogen-bond donors (Lipinski definition) is 1. The number of anilines is 2. The molecule has 1 aliphatic heterocycles. The van der Waals surface area contributed by atoms with E-state index in [9.17, 15) is 18.6 Å². The first kappa shape index (κ1) is 20.7. The number of nitrogens with zero attached hydrogens (tertiary/aromatic N) is 1. The molecular formula is C21H22N2O5S. The standard InChI is InChI=1S/C21H22N2O5S/c1-13(28-19(25)14-9-5-8-12-17(14)29(4)27)18(24)23-16-11-7-6-10-15(16)22-20(26)21(23,2)3/h5-13H,1-4H3,(H,22,26)/t13-,29-/m0/s1. The molecule has 1 N–H and O–H groups in total. The van der Waals surface area contributed by atoms with E-state index in [1.165, 1.54) is 24.1 Å². The Morgan fingerprint density at radius 1 is 1.10 bits per heavy atom. The van der Waals surface area contributed by atoms with Crippen LogP contribution in [0.3, 0.4) is 0 Å². The van der Waals surface area contributed by atoms with Gasteiger partial charge in [0.2, 0.25) is 5.91 Å². The Bertz CT molecular complexity index is 1020. The van der Waals surface area contributed by atoms with Gasteiger partial charge in [0.25, 0.3) is 5.91 Å². The molecule has 8 heteroatoms. The first-order chi connectivity index (χ1) is 13.6. The first-order valence-corrected chi connectivity index (χ1v) is 10.6. The average molecular weight is 414 g/mol. The second-order valence-corrected chi connectivity index (χ2v) is 8.55. The number of amides is 2. The molecule has 0 aromatic heterocycles. The molecular weight excluding hydrogens is 392 g/mol. The normalized spacial score (nSPS) is 17.0. The molecule has 0 aliphatic carbocycles. The predicted octanol–water partition coefficient (Wildman–Crippen LogP) is 2.73. The summed E-state index contributed by atoms with van der Waals surface area (Å²) in [6.45, 7) is 4.71. The van der Waals surface area contributed by atoms with E-state index >= 15 is 0 Å². The fraction of sp³-hybridized carbons (Fsp3) is 0.286. The van der Waals surface area contributed by atoms with E-state index in [-0.39, 0.29) is 11.5 Å². The lowest BCUT2D eigenvalue weighted by Gasteiger charge is -2.42. The second kappa shape index (κ2) is 7.79. The maximum absolute atomic E-state index is 13.2. The number of para-hydroxylation sites is 2. The highest BCUT2D eigenvalue weighted by molar-refractivity contribution is 7.84. The average Bonchev–Trinajstić information content (AvgIpc) is 2.68. The van der Waals surface area contributed by atoms with Crippen molar-refractivity contribution in [3.8, 4) is 0 Å². The highest BCUT2D eigenvalue weighted by Gasteiger charge is 2.45. The summed E-state index contributed by atoms with van der Waals surface area (Å²) < 4.78 is 17.3. The summed E-state index contributed by atoms with van der Waals surface area (Å²) in [4.78, 5) is 40.1. The lowest BCUT2D eigenvalue weighted by molar-refractivity contribution is -0.131. The van der Waals surface area contributed by atoms with Crippen LogP contribution in [0.15, 0.2) is 53.4 Å². The second-order valence-electron chi connectivity index (χ2n) is 7.20. The van der Waals surface area contributed by atoms with E-state index in [1.54, 1.807) is 56.3 Å². The molecule has 0 bridgehead atoms. The van der Waals surface area contributed by atoms with Gasteiger partial charge in [-0.2, -0.15) is 0 Å². The number of carbonyl (C=O) groups excluding carboxylic acids is 3. The molecule has 1 aliphatic rings. The van der Waals surface area contributed by atoms with E-state index in [0.717, 1.165) is 0 Å².